The van der Waals surface area contributed by atoms with Gasteiger partial charge in [0.2, 0.25) is 0 Å². The molecule has 0 amide bonds. The minimum Gasteiger partial charge on any atom is -0.205 e. The van der Waals surface area contributed by atoms with Crippen molar-refractivity contribution in [3.63, 3.8) is 0 Å². The Balaban J connectivity index is 1.62. The molecule has 2 aromatic rings. The molecule has 2 heteroatoms. The third-order valence-electron chi connectivity index (χ3n) is 5.19. The second-order valence-electron chi connectivity index (χ2n) is 6.96. The van der Waals surface area contributed by atoms with Crippen LogP contribution < -0.4 is 0 Å². The molecule has 0 saturated heterocycles. The van der Waals surface area contributed by atoms with Gasteiger partial charge in [0.1, 0.15) is 5.82 Å². The monoisotopic (exact) mass is 330 g/mol. The van der Waals surface area contributed by atoms with E-state index in [-0.39, 0.29) is 10.8 Å². The molecule has 0 atom stereocenters. The van der Waals surface area contributed by atoms with Crippen LogP contribution in [0.25, 0.3) is 11.1 Å². The van der Waals surface area contributed by atoms with Crippen LogP contribution >= 0.6 is 11.6 Å². The molecule has 1 saturated carbocycles. The summed E-state index contributed by atoms with van der Waals surface area (Å²) in [6.07, 6.45) is 7.93. The maximum Gasteiger partial charge on any atom is 0.149 e. The lowest BCUT2D eigenvalue weighted by molar-refractivity contribution is 0.278. The van der Waals surface area contributed by atoms with Crippen LogP contribution in [0.1, 0.15) is 44.6 Å². The molecule has 122 valence electrons. The van der Waals surface area contributed by atoms with Crippen LogP contribution in [0.2, 0.25) is 5.02 Å². The van der Waals surface area contributed by atoms with Crippen LogP contribution in [0.5, 0.6) is 0 Å². The van der Waals surface area contributed by atoms with E-state index in [2.05, 4.69) is 19.1 Å². The molecule has 0 aromatic heterocycles. The highest BCUT2D eigenvalue weighted by Gasteiger charge is 2.17. The highest BCUT2D eigenvalue weighted by molar-refractivity contribution is 6.31. The second-order valence-corrected chi connectivity index (χ2v) is 7.37. The first-order valence-electron chi connectivity index (χ1n) is 8.67. The Morgan fingerprint density at radius 1 is 1.00 bits per heavy atom. The lowest BCUT2D eigenvalue weighted by Crippen LogP contribution is -2.12. The van der Waals surface area contributed by atoms with Crippen molar-refractivity contribution in [2.45, 2.75) is 45.4 Å². The van der Waals surface area contributed by atoms with Crippen molar-refractivity contribution >= 4 is 11.6 Å². The molecule has 1 aliphatic rings. The quantitative estimate of drug-likeness (QED) is 0.571. The van der Waals surface area contributed by atoms with E-state index in [4.69, 9.17) is 11.6 Å². The van der Waals surface area contributed by atoms with Gasteiger partial charge in [-0.15, -0.1) is 0 Å². The predicted octanol–water partition coefficient (Wildman–Crippen LogP) is 6.91. The van der Waals surface area contributed by atoms with E-state index in [1.165, 1.54) is 37.7 Å². The SMILES string of the molecule is CC1CCC(CCc2ccc(-c3cccc(Cl)c3F)cc2)CC1. The first-order chi connectivity index (χ1) is 11.1. The standard InChI is InChI=1S/C21H24ClF/c1-15-5-7-16(8-6-15)9-10-17-11-13-18(14-12-17)19-3-2-4-20(22)21(19)23/h2-4,11-16H,5-10H2,1H3. The molecular formula is C21H24ClF. The van der Waals surface area contributed by atoms with Crippen LogP contribution in [0.15, 0.2) is 42.5 Å². The zero-order chi connectivity index (χ0) is 16.2. The van der Waals surface area contributed by atoms with Gasteiger partial charge in [0.15, 0.2) is 0 Å². The average molecular weight is 331 g/mol. The molecule has 3 rings (SSSR count). The predicted molar refractivity (Wildman–Crippen MR) is 96.3 cm³/mol. The third-order valence-corrected chi connectivity index (χ3v) is 5.49. The molecule has 1 fully saturated rings. The Bertz CT molecular complexity index is 639. The number of halogens is 2. The van der Waals surface area contributed by atoms with Crippen molar-refractivity contribution in [1.29, 1.82) is 0 Å². The number of benzene rings is 2. The first kappa shape index (κ1) is 16.5. The second kappa shape index (κ2) is 7.49. The van der Waals surface area contributed by atoms with Gasteiger partial charge >= 0.3 is 0 Å². The van der Waals surface area contributed by atoms with Crippen molar-refractivity contribution in [2.75, 3.05) is 0 Å². The van der Waals surface area contributed by atoms with Crippen LogP contribution in [0.3, 0.4) is 0 Å². The summed E-state index contributed by atoms with van der Waals surface area (Å²) in [7, 11) is 0. The van der Waals surface area contributed by atoms with Gasteiger partial charge in [-0.3, -0.25) is 0 Å². The number of hydrogen-bond acceptors (Lipinski definition) is 0. The van der Waals surface area contributed by atoms with Crippen molar-refractivity contribution in [1.82, 2.24) is 0 Å². The topological polar surface area (TPSA) is 0 Å². The van der Waals surface area contributed by atoms with Crippen molar-refractivity contribution < 1.29 is 4.39 Å². The molecular weight excluding hydrogens is 307 g/mol. The van der Waals surface area contributed by atoms with Gasteiger partial charge in [-0.2, -0.15) is 0 Å². The van der Waals surface area contributed by atoms with E-state index in [1.54, 1.807) is 18.2 Å². The maximum atomic E-state index is 14.1. The Labute approximate surface area is 143 Å². The molecule has 0 aliphatic heterocycles. The molecule has 0 radical (unpaired) electrons. The van der Waals surface area contributed by atoms with Gasteiger partial charge in [-0.1, -0.05) is 80.6 Å². The highest BCUT2D eigenvalue weighted by atomic mass is 35.5. The number of hydrogen-bond donors (Lipinski definition) is 0. The van der Waals surface area contributed by atoms with E-state index in [0.717, 1.165) is 23.8 Å². The normalized spacial score (nSPS) is 21.3. The smallest absolute Gasteiger partial charge is 0.149 e. The summed E-state index contributed by atoms with van der Waals surface area (Å²) >= 11 is 5.87. The number of rotatable bonds is 4. The van der Waals surface area contributed by atoms with Crippen molar-refractivity contribution in [3.05, 3.63) is 58.9 Å². The number of aryl methyl sites for hydroxylation is 1. The molecule has 0 nitrogen and oxygen atoms in total. The van der Waals surface area contributed by atoms with Crippen LogP contribution in [0, 0.1) is 17.7 Å². The largest absolute Gasteiger partial charge is 0.205 e. The van der Waals surface area contributed by atoms with E-state index < -0.39 is 0 Å². The molecule has 0 bridgehead atoms. The summed E-state index contributed by atoms with van der Waals surface area (Å²) in [6.45, 7) is 2.36. The minimum atomic E-state index is -0.335. The molecule has 0 spiro atoms. The molecule has 2 aromatic carbocycles. The van der Waals surface area contributed by atoms with Crippen molar-refractivity contribution in [3.8, 4) is 11.1 Å². The fourth-order valence-corrected chi connectivity index (χ4v) is 3.74. The Hall–Kier alpha value is -1.34. The van der Waals surface area contributed by atoms with Crippen LogP contribution in [-0.4, -0.2) is 0 Å². The summed E-state index contributed by atoms with van der Waals surface area (Å²) < 4.78 is 14.1. The Kier molecular flexibility index (Phi) is 5.38. The Morgan fingerprint density at radius 2 is 1.70 bits per heavy atom. The van der Waals surface area contributed by atoms with E-state index in [1.807, 2.05) is 12.1 Å². The molecule has 0 N–H and O–H groups in total. The van der Waals surface area contributed by atoms with Gasteiger partial charge in [-0.05, 0) is 41.9 Å². The molecule has 1 aliphatic carbocycles. The van der Waals surface area contributed by atoms with E-state index in [0.29, 0.717) is 5.56 Å². The lowest BCUT2D eigenvalue weighted by Gasteiger charge is -2.26. The summed E-state index contributed by atoms with van der Waals surface area (Å²) in [6, 6.07) is 13.4. The van der Waals surface area contributed by atoms with Gasteiger partial charge in [-0.25, -0.2) is 4.39 Å². The van der Waals surface area contributed by atoms with Crippen LogP contribution in [-0.2, 0) is 6.42 Å². The lowest BCUT2D eigenvalue weighted by atomic mass is 9.80. The third kappa shape index (κ3) is 4.14. The molecule has 23 heavy (non-hydrogen) atoms. The van der Waals surface area contributed by atoms with Gasteiger partial charge < -0.3 is 0 Å². The zero-order valence-corrected chi connectivity index (χ0v) is 14.5. The fourth-order valence-electron chi connectivity index (χ4n) is 3.57. The summed E-state index contributed by atoms with van der Waals surface area (Å²) in [5.41, 5.74) is 2.81. The molecule has 0 heterocycles. The first-order valence-corrected chi connectivity index (χ1v) is 9.04. The highest BCUT2D eigenvalue weighted by Crippen LogP contribution is 2.32. The summed E-state index contributed by atoms with van der Waals surface area (Å²) in [5, 5.41) is 0.179. The average Bonchev–Trinajstić information content (AvgIpc) is 2.57. The van der Waals surface area contributed by atoms with E-state index >= 15 is 0 Å². The summed E-state index contributed by atoms with van der Waals surface area (Å²) in [4.78, 5) is 0. The fraction of sp³-hybridized carbons (Fsp3) is 0.429. The zero-order valence-electron chi connectivity index (χ0n) is 13.7. The van der Waals surface area contributed by atoms with E-state index in [9.17, 15) is 4.39 Å². The van der Waals surface area contributed by atoms with Gasteiger partial charge in [0.05, 0.1) is 5.02 Å². The minimum absolute atomic E-state index is 0.179. The summed E-state index contributed by atoms with van der Waals surface area (Å²) in [5.74, 6) is 1.47. The van der Waals surface area contributed by atoms with Crippen LogP contribution in [0.4, 0.5) is 4.39 Å². The van der Waals surface area contributed by atoms with Gasteiger partial charge in [0.25, 0.3) is 0 Å². The maximum absolute atomic E-state index is 14.1. The van der Waals surface area contributed by atoms with Gasteiger partial charge in [0, 0.05) is 5.56 Å². The van der Waals surface area contributed by atoms with Crippen molar-refractivity contribution in [2.24, 2.45) is 11.8 Å². The molecule has 0 unspecified atom stereocenters. The Morgan fingerprint density at radius 3 is 2.39 bits per heavy atom.